The number of thiocarbonyl (C=S) groups is 1. The van der Waals surface area contributed by atoms with E-state index in [-0.39, 0.29) is 0 Å². The minimum Gasteiger partial charge on any atom is -0.389 e. The molecular formula is C13H17BrN2S. The van der Waals surface area contributed by atoms with Gasteiger partial charge in [-0.1, -0.05) is 19.1 Å². The molecule has 1 fully saturated rings. The molecule has 2 nitrogen and oxygen atoms in total. The van der Waals surface area contributed by atoms with E-state index in [1.54, 1.807) is 0 Å². The summed E-state index contributed by atoms with van der Waals surface area (Å²) in [5.41, 5.74) is 7.81. The fourth-order valence-corrected chi connectivity index (χ4v) is 3.43. The summed E-state index contributed by atoms with van der Waals surface area (Å²) < 4.78 is 0.981. The van der Waals surface area contributed by atoms with Crippen molar-refractivity contribution in [2.75, 3.05) is 11.4 Å². The highest BCUT2D eigenvalue weighted by Gasteiger charge is 2.26. The van der Waals surface area contributed by atoms with Crippen LogP contribution in [0.5, 0.6) is 0 Å². The van der Waals surface area contributed by atoms with Crippen LogP contribution in [0.3, 0.4) is 0 Å². The number of nitrogens with zero attached hydrogens (tertiary/aromatic N) is 1. The maximum Gasteiger partial charge on any atom is 0.105 e. The smallest absolute Gasteiger partial charge is 0.105 e. The van der Waals surface area contributed by atoms with Crippen LogP contribution >= 0.6 is 28.1 Å². The molecule has 1 aromatic rings. The predicted octanol–water partition coefficient (Wildman–Crippen LogP) is 3.32. The van der Waals surface area contributed by atoms with Crippen LogP contribution in [0, 0.1) is 5.92 Å². The fourth-order valence-electron chi connectivity index (χ4n) is 2.54. The van der Waals surface area contributed by atoms with Crippen LogP contribution in [-0.4, -0.2) is 17.6 Å². The highest BCUT2D eigenvalue weighted by molar-refractivity contribution is 9.10. The third-order valence-electron chi connectivity index (χ3n) is 3.33. The third-order valence-corrected chi connectivity index (χ3v) is 4.21. The maximum atomic E-state index is 5.66. The molecule has 2 N–H and O–H groups in total. The van der Waals surface area contributed by atoms with Crippen LogP contribution in [0.1, 0.15) is 25.8 Å². The van der Waals surface area contributed by atoms with Gasteiger partial charge in [0.25, 0.3) is 0 Å². The van der Waals surface area contributed by atoms with Crippen LogP contribution in [0.4, 0.5) is 5.69 Å². The van der Waals surface area contributed by atoms with E-state index in [1.165, 1.54) is 12.1 Å². The molecule has 1 saturated heterocycles. The van der Waals surface area contributed by atoms with Crippen LogP contribution in [0.15, 0.2) is 22.7 Å². The molecule has 4 heteroatoms. The second-order valence-corrected chi connectivity index (χ2v) is 6.16. The Hall–Kier alpha value is -0.610. The summed E-state index contributed by atoms with van der Waals surface area (Å²) >= 11 is 8.54. The second kappa shape index (κ2) is 4.94. The summed E-state index contributed by atoms with van der Waals surface area (Å²) in [5, 5.41) is 0. The van der Waals surface area contributed by atoms with E-state index >= 15 is 0 Å². The Morgan fingerprint density at radius 3 is 2.65 bits per heavy atom. The molecular weight excluding hydrogens is 296 g/mol. The molecule has 92 valence electrons. The van der Waals surface area contributed by atoms with E-state index in [0.717, 1.165) is 22.5 Å². The first-order valence-electron chi connectivity index (χ1n) is 5.85. The molecule has 2 rings (SSSR count). The summed E-state index contributed by atoms with van der Waals surface area (Å²) in [5.74, 6) is 0.763. The Morgan fingerprint density at radius 1 is 1.47 bits per heavy atom. The molecule has 2 atom stereocenters. The molecule has 17 heavy (non-hydrogen) atoms. The van der Waals surface area contributed by atoms with E-state index in [4.69, 9.17) is 18.0 Å². The van der Waals surface area contributed by atoms with Crippen molar-refractivity contribution in [1.29, 1.82) is 0 Å². The van der Waals surface area contributed by atoms with Gasteiger partial charge in [0.05, 0.1) is 0 Å². The fraction of sp³-hybridized carbons (Fsp3) is 0.462. The maximum absolute atomic E-state index is 5.66. The first-order chi connectivity index (χ1) is 7.99. The number of rotatable bonds is 2. The van der Waals surface area contributed by atoms with Gasteiger partial charge >= 0.3 is 0 Å². The zero-order chi connectivity index (χ0) is 12.6. The van der Waals surface area contributed by atoms with Crippen LogP contribution < -0.4 is 10.6 Å². The molecule has 2 unspecified atom stereocenters. The van der Waals surface area contributed by atoms with Crippen molar-refractivity contribution in [3.05, 3.63) is 28.2 Å². The highest BCUT2D eigenvalue weighted by Crippen LogP contribution is 2.31. The van der Waals surface area contributed by atoms with Crippen molar-refractivity contribution in [3.8, 4) is 0 Å². The van der Waals surface area contributed by atoms with E-state index in [2.05, 4.69) is 46.8 Å². The standard InChI is InChI=1S/C13H17BrN2S/c1-8-5-9(2)16(7-8)10-3-4-11(13(15)17)12(14)6-10/h3-4,6,8-9H,5,7H2,1-2H3,(H2,15,17). The van der Waals surface area contributed by atoms with Crippen molar-refractivity contribution < 1.29 is 0 Å². The topological polar surface area (TPSA) is 29.3 Å². The van der Waals surface area contributed by atoms with E-state index in [1.807, 2.05) is 6.07 Å². The number of benzene rings is 1. The minimum atomic E-state index is 0.436. The van der Waals surface area contributed by atoms with E-state index < -0.39 is 0 Å². The zero-order valence-electron chi connectivity index (χ0n) is 10.1. The molecule has 0 radical (unpaired) electrons. The van der Waals surface area contributed by atoms with Crippen molar-refractivity contribution >= 4 is 38.8 Å². The summed E-state index contributed by atoms with van der Waals surface area (Å²) in [6.07, 6.45) is 1.26. The van der Waals surface area contributed by atoms with Crippen molar-refractivity contribution in [2.24, 2.45) is 11.7 Å². The Bertz CT molecular complexity index is 447. The number of hydrogen-bond donors (Lipinski definition) is 1. The van der Waals surface area contributed by atoms with Gasteiger partial charge in [-0.25, -0.2) is 0 Å². The SMILES string of the molecule is CC1CC(C)N(c2ccc(C(N)=S)c(Br)c2)C1. The lowest BCUT2D eigenvalue weighted by atomic mass is 10.1. The molecule has 0 bridgehead atoms. The van der Waals surface area contributed by atoms with E-state index in [0.29, 0.717) is 11.0 Å². The Morgan fingerprint density at radius 2 is 2.18 bits per heavy atom. The number of hydrogen-bond acceptors (Lipinski definition) is 2. The summed E-state index contributed by atoms with van der Waals surface area (Å²) in [6.45, 7) is 5.70. The molecule has 0 aliphatic carbocycles. The van der Waals surface area contributed by atoms with Gasteiger partial charge in [0.15, 0.2) is 0 Å². The number of halogens is 1. The van der Waals surface area contributed by atoms with Crippen molar-refractivity contribution in [2.45, 2.75) is 26.3 Å². The Labute approximate surface area is 116 Å². The molecule has 1 heterocycles. The lowest BCUT2D eigenvalue weighted by Crippen LogP contribution is -2.26. The lowest BCUT2D eigenvalue weighted by Gasteiger charge is -2.24. The van der Waals surface area contributed by atoms with Gasteiger partial charge in [-0.05, 0) is 53.4 Å². The van der Waals surface area contributed by atoms with Gasteiger partial charge in [0.1, 0.15) is 4.99 Å². The van der Waals surface area contributed by atoms with Crippen LogP contribution in [-0.2, 0) is 0 Å². The number of nitrogens with two attached hydrogens (primary N) is 1. The van der Waals surface area contributed by atoms with Gasteiger partial charge in [0, 0.05) is 28.3 Å². The molecule has 0 amide bonds. The molecule has 0 spiro atoms. The van der Waals surface area contributed by atoms with Gasteiger partial charge in [-0.15, -0.1) is 0 Å². The van der Waals surface area contributed by atoms with E-state index in [9.17, 15) is 0 Å². The van der Waals surface area contributed by atoms with Crippen LogP contribution in [0.25, 0.3) is 0 Å². The predicted molar refractivity (Wildman–Crippen MR) is 80.6 cm³/mol. The minimum absolute atomic E-state index is 0.436. The van der Waals surface area contributed by atoms with Crippen molar-refractivity contribution in [3.63, 3.8) is 0 Å². The van der Waals surface area contributed by atoms with Gasteiger partial charge in [0.2, 0.25) is 0 Å². The van der Waals surface area contributed by atoms with Crippen molar-refractivity contribution in [1.82, 2.24) is 0 Å². The zero-order valence-corrected chi connectivity index (χ0v) is 12.5. The molecule has 1 aromatic carbocycles. The van der Waals surface area contributed by atoms with Gasteiger partial charge < -0.3 is 10.6 Å². The number of anilines is 1. The van der Waals surface area contributed by atoms with Gasteiger partial charge in [-0.3, -0.25) is 0 Å². The van der Waals surface area contributed by atoms with Gasteiger partial charge in [-0.2, -0.15) is 0 Å². The lowest BCUT2D eigenvalue weighted by molar-refractivity contribution is 0.625. The first kappa shape index (κ1) is 12.8. The molecule has 0 aromatic heterocycles. The summed E-state index contributed by atoms with van der Waals surface area (Å²) in [4.78, 5) is 2.88. The second-order valence-electron chi connectivity index (χ2n) is 4.87. The monoisotopic (exact) mass is 312 g/mol. The third kappa shape index (κ3) is 2.63. The summed E-state index contributed by atoms with van der Waals surface area (Å²) in [7, 11) is 0. The first-order valence-corrected chi connectivity index (χ1v) is 7.05. The Kier molecular flexibility index (Phi) is 3.73. The summed E-state index contributed by atoms with van der Waals surface area (Å²) in [6, 6.07) is 6.82. The quantitative estimate of drug-likeness (QED) is 0.849. The average Bonchev–Trinajstić information content (AvgIpc) is 2.57. The highest BCUT2D eigenvalue weighted by atomic mass is 79.9. The Balaban J connectivity index is 2.29. The average molecular weight is 313 g/mol. The van der Waals surface area contributed by atoms with Crippen LogP contribution in [0.2, 0.25) is 0 Å². The molecule has 1 aliphatic rings. The molecule has 1 aliphatic heterocycles. The largest absolute Gasteiger partial charge is 0.389 e. The molecule has 0 saturated carbocycles. The normalized spacial score (nSPS) is 24.1.